The van der Waals surface area contributed by atoms with Crippen molar-refractivity contribution < 1.29 is 14.7 Å². The number of isocyanates is 1. The Hall–Kier alpha value is -1.39. The van der Waals surface area contributed by atoms with Gasteiger partial charge in [0.25, 0.3) is 0 Å². The maximum absolute atomic E-state index is 12.3. The van der Waals surface area contributed by atoms with Crippen LogP contribution in [-0.4, -0.2) is 54.4 Å². The van der Waals surface area contributed by atoms with Gasteiger partial charge in [-0.3, -0.25) is 0 Å². The van der Waals surface area contributed by atoms with Crippen LogP contribution >= 0.6 is 0 Å². The third kappa shape index (κ3) is 5.43. The minimum atomic E-state index is -0.138. The molecule has 0 radical (unpaired) electrons. The quantitative estimate of drug-likeness (QED) is 0.581. The number of nitrogens with zero attached hydrogens (tertiary/aromatic N) is 2. The SMILES string of the molecule is CCN(CCO)C(=O)NC1CC(C)(C)CC(C)(CN=C=O)C1. The third-order valence-corrected chi connectivity index (χ3v) is 4.34. The molecule has 0 aromatic rings. The average molecular weight is 311 g/mol. The lowest BCUT2D eigenvalue weighted by Gasteiger charge is -2.46. The summed E-state index contributed by atoms with van der Waals surface area (Å²) in [4.78, 5) is 28.1. The zero-order valence-corrected chi connectivity index (χ0v) is 14.2. The molecule has 1 aliphatic carbocycles. The molecular weight excluding hydrogens is 282 g/mol. The molecule has 22 heavy (non-hydrogen) atoms. The van der Waals surface area contributed by atoms with Gasteiger partial charge in [-0.2, -0.15) is 0 Å². The molecule has 2 atom stereocenters. The van der Waals surface area contributed by atoms with Crippen LogP contribution in [0.4, 0.5) is 4.79 Å². The number of aliphatic hydroxyl groups excluding tert-OH is 1. The summed E-state index contributed by atoms with van der Waals surface area (Å²) >= 11 is 0. The zero-order chi connectivity index (χ0) is 16.8. The van der Waals surface area contributed by atoms with Crippen molar-refractivity contribution in [3.8, 4) is 0 Å². The second-order valence-electron chi connectivity index (χ2n) is 7.42. The van der Waals surface area contributed by atoms with Gasteiger partial charge in [-0.15, -0.1) is 0 Å². The van der Waals surface area contributed by atoms with E-state index in [1.54, 1.807) is 11.0 Å². The van der Waals surface area contributed by atoms with Crippen molar-refractivity contribution >= 4 is 12.1 Å². The number of rotatable bonds is 6. The largest absolute Gasteiger partial charge is 0.395 e. The van der Waals surface area contributed by atoms with Crippen LogP contribution in [0.2, 0.25) is 0 Å². The van der Waals surface area contributed by atoms with Crippen LogP contribution in [0.15, 0.2) is 4.99 Å². The van der Waals surface area contributed by atoms with E-state index in [1.807, 2.05) is 6.92 Å². The molecule has 1 saturated carbocycles. The first kappa shape index (κ1) is 18.7. The van der Waals surface area contributed by atoms with Gasteiger partial charge in [0, 0.05) is 19.1 Å². The molecule has 0 saturated heterocycles. The molecular formula is C16H29N3O3. The van der Waals surface area contributed by atoms with Gasteiger partial charge in [-0.05, 0) is 37.0 Å². The maximum atomic E-state index is 12.3. The van der Waals surface area contributed by atoms with Crippen LogP contribution in [0, 0.1) is 10.8 Å². The molecule has 0 aliphatic heterocycles. The number of aliphatic hydroxyl groups is 1. The second kappa shape index (κ2) is 7.75. The van der Waals surface area contributed by atoms with E-state index in [9.17, 15) is 9.59 Å². The number of hydrogen-bond donors (Lipinski definition) is 2. The molecule has 2 amide bonds. The molecule has 0 bridgehead atoms. The first-order chi connectivity index (χ1) is 10.2. The number of urea groups is 1. The first-order valence-electron chi connectivity index (χ1n) is 7.95. The lowest BCUT2D eigenvalue weighted by atomic mass is 9.62. The summed E-state index contributed by atoms with van der Waals surface area (Å²) < 4.78 is 0. The molecule has 1 fully saturated rings. The molecule has 2 unspecified atom stereocenters. The maximum Gasteiger partial charge on any atom is 0.317 e. The Morgan fingerprint density at radius 3 is 2.64 bits per heavy atom. The van der Waals surface area contributed by atoms with Crippen LogP contribution in [-0.2, 0) is 4.79 Å². The van der Waals surface area contributed by atoms with Gasteiger partial charge >= 0.3 is 6.03 Å². The number of hydrogen-bond acceptors (Lipinski definition) is 4. The Morgan fingerprint density at radius 2 is 2.09 bits per heavy atom. The smallest absolute Gasteiger partial charge is 0.317 e. The summed E-state index contributed by atoms with van der Waals surface area (Å²) in [6.45, 7) is 9.67. The molecule has 126 valence electrons. The van der Waals surface area contributed by atoms with Crippen LogP contribution in [0.25, 0.3) is 0 Å². The monoisotopic (exact) mass is 311 g/mol. The first-order valence-corrected chi connectivity index (χ1v) is 7.95. The highest BCUT2D eigenvalue weighted by Gasteiger charge is 2.41. The lowest BCUT2D eigenvalue weighted by molar-refractivity contribution is 0.0773. The summed E-state index contributed by atoms with van der Waals surface area (Å²) in [5, 5.41) is 12.1. The molecule has 0 heterocycles. The normalized spacial score (nSPS) is 26.9. The molecule has 1 rings (SSSR count). The van der Waals surface area contributed by atoms with E-state index in [0.717, 1.165) is 19.3 Å². The molecule has 0 aromatic carbocycles. The van der Waals surface area contributed by atoms with E-state index >= 15 is 0 Å². The summed E-state index contributed by atoms with van der Waals surface area (Å²) in [6.07, 6.45) is 4.28. The van der Waals surface area contributed by atoms with Crippen LogP contribution in [0.5, 0.6) is 0 Å². The number of aliphatic imine (C=N–C) groups is 1. The number of nitrogens with one attached hydrogen (secondary N) is 1. The topological polar surface area (TPSA) is 82.0 Å². The van der Waals surface area contributed by atoms with Gasteiger partial charge in [-0.1, -0.05) is 20.8 Å². The van der Waals surface area contributed by atoms with Gasteiger partial charge < -0.3 is 15.3 Å². The Kier molecular flexibility index (Phi) is 6.57. The number of carbonyl (C=O) groups is 1. The minimum Gasteiger partial charge on any atom is -0.395 e. The van der Waals surface area contributed by atoms with E-state index in [2.05, 4.69) is 31.1 Å². The highest BCUT2D eigenvalue weighted by Crippen LogP contribution is 2.46. The summed E-state index contributed by atoms with van der Waals surface area (Å²) in [6, 6.07) is -0.0867. The standard InChI is InChI=1S/C16H29N3O3/c1-5-19(6-7-20)14(22)18-13-8-15(2,3)10-16(4,9-13)11-17-12-21/h13,20H,5-11H2,1-4H3,(H,18,22). The van der Waals surface area contributed by atoms with E-state index in [1.165, 1.54) is 0 Å². The zero-order valence-electron chi connectivity index (χ0n) is 14.2. The minimum absolute atomic E-state index is 0.0385. The predicted octanol–water partition coefficient (Wildman–Crippen LogP) is 1.93. The molecule has 2 N–H and O–H groups in total. The van der Waals surface area contributed by atoms with Gasteiger partial charge in [0.2, 0.25) is 6.08 Å². The predicted molar refractivity (Wildman–Crippen MR) is 85.4 cm³/mol. The van der Waals surface area contributed by atoms with Crippen molar-refractivity contribution in [3.05, 3.63) is 0 Å². The van der Waals surface area contributed by atoms with Gasteiger partial charge in [0.1, 0.15) is 0 Å². The van der Waals surface area contributed by atoms with Gasteiger partial charge in [0.05, 0.1) is 13.2 Å². The number of likely N-dealkylation sites (N-methyl/N-ethyl adjacent to an activating group) is 1. The van der Waals surface area contributed by atoms with Crippen molar-refractivity contribution in [2.45, 2.75) is 53.0 Å². The molecule has 6 heteroatoms. The summed E-state index contributed by atoms with van der Waals surface area (Å²) in [5.74, 6) is 0. The average Bonchev–Trinajstić information content (AvgIpc) is 2.40. The summed E-state index contributed by atoms with van der Waals surface area (Å²) in [5.41, 5.74) is -0.0253. The Labute approximate surface area is 133 Å². The highest BCUT2D eigenvalue weighted by atomic mass is 16.3. The molecule has 0 aromatic heterocycles. The Balaban J connectivity index is 2.76. The molecule has 1 aliphatic rings. The van der Waals surface area contributed by atoms with Crippen molar-refractivity contribution in [1.29, 1.82) is 0 Å². The number of amides is 2. The Morgan fingerprint density at radius 1 is 1.41 bits per heavy atom. The van der Waals surface area contributed by atoms with Crippen LogP contribution in [0.3, 0.4) is 0 Å². The van der Waals surface area contributed by atoms with Crippen molar-refractivity contribution in [2.24, 2.45) is 15.8 Å². The van der Waals surface area contributed by atoms with Crippen LogP contribution in [0.1, 0.15) is 47.0 Å². The fourth-order valence-electron chi connectivity index (χ4n) is 3.87. The highest BCUT2D eigenvalue weighted by molar-refractivity contribution is 5.74. The van der Waals surface area contributed by atoms with Crippen molar-refractivity contribution in [1.82, 2.24) is 10.2 Å². The van der Waals surface area contributed by atoms with Gasteiger partial charge in [-0.25, -0.2) is 14.6 Å². The number of carbonyl (C=O) groups excluding carboxylic acids is 2. The van der Waals surface area contributed by atoms with E-state index in [0.29, 0.717) is 19.6 Å². The lowest BCUT2D eigenvalue weighted by Crippen LogP contribution is -2.51. The molecule has 6 nitrogen and oxygen atoms in total. The van der Waals surface area contributed by atoms with Crippen molar-refractivity contribution in [3.63, 3.8) is 0 Å². The van der Waals surface area contributed by atoms with E-state index in [-0.39, 0.29) is 29.5 Å². The van der Waals surface area contributed by atoms with E-state index in [4.69, 9.17) is 5.11 Å². The second-order valence-corrected chi connectivity index (χ2v) is 7.42. The van der Waals surface area contributed by atoms with Crippen molar-refractivity contribution in [2.75, 3.05) is 26.2 Å². The van der Waals surface area contributed by atoms with E-state index < -0.39 is 0 Å². The Bertz CT molecular complexity index is 432. The van der Waals surface area contributed by atoms with Crippen LogP contribution < -0.4 is 5.32 Å². The third-order valence-electron chi connectivity index (χ3n) is 4.34. The van der Waals surface area contributed by atoms with Gasteiger partial charge in [0.15, 0.2) is 0 Å². The summed E-state index contributed by atoms with van der Waals surface area (Å²) in [7, 11) is 0. The fraction of sp³-hybridized carbons (Fsp3) is 0.875. The molecule has 0 spiro atoms. The fourth-order valence-corrected chi connectivity index (χ4v) is 3.87.